The predicted molar refractivity (Wildman–Crippen MR) is 66.0 cm³/mol. The molecule has 0 bridgehead atoms. The van der Waals surface area contributed by atoms with Crippen LogP contribution in [0.2, 0.25) is 0 Å². The van der Waals surface area contributed by atoms with Gasteiger partial charge in [0.2, 0.25) is 0 Å². The summed E-state index contributed by atoms with van der Waals surface area (Å²) in [6, 6.07) is 1.97. The Hall–Kier alpha value is -1.77. The number of pyridine rings is 1. The molecule has 80 valence electrons. The van der Waals surface area contributed by atoms with E-state index in [1.165, 1.54) is 0 Å². The Morgan fingerprint density at radius 2 is 2.00 bits per heavy atom. The molecule has 0 aliphatic heterocycles. The highest BCUT2D eigenvalue weighted by atomic mass is 15.2. The molecule has 0 aromatic carbocycles. The van der Waals surface area contributed by atoms with Crippen LogP contribution in [-0.2, 0) is 0 Å². The zero-order valence-corrected chi connectivity index (χ0v) is 9.11. The van der Waals surface area contributed by atoms with E-state index in [1.807, 2.05) is 25.1 Å². The Morgan fingerprint density at radius 1 is 1.40 bits per heavy atom. The third-order valence-electron chi connectivity index (χ3n) is 2.16. The van der Waals surface area contributed by atoms with Crippen molar-refractivity contribution in [3.63, 3.8) is 0 Å². The average molecular weight is 203 g/mol. The summed E-state index contributed by atoms with van der Waals surface area (Å²) in [4.78, 5) is 6.36. The molecule has 0 amide bonds. The molecule has 0 fully saturated rings. The smallest absolute Gasteiger partial charge is 0.129 e. The van der Waals surface area contributed by atoms with Crippen molar-refractivity contribution in [2.45, 2.75) is 6.92 Å². The molecule has 0 aliphatic rings. The van der Waals surface area contributed by atoms with E-state index < -0.39 is 0 Å². The van der Waals surface area contributed by atoms with Gasteiger partial charge in [-0.25, -0.2) is 4.98 Å². The second kappa shape index (κ2) is 5.20. The Labute approximate surface area is 90.9 Å². The second-order valence-corrected chi connectivity index (χ2v) is 3.38. The number of aryl methyl sites for hydroxylation is 1. The van der Waals surface area contributed by atoms with Crippen molar-refractivity contribution in [3.8, 4) is 0 Å². The van der Waals surface area contributed by atoms with E-state index >= 15 is 0 Å². The molecule has 0 saturated heterocycles. The minimum atomic E-state index is 0.718. The monoisotopic (exact) mass is 203 g/mol. The summed E-state index contributed by atoms with van der Waals surface area (Å²) in [5, 5.41) is 0. The van der Waals surface area contributed by atoms with Crippen LogP contribution >= 0.6 is 0 Å². The van der Waals surface area contributed by atoms with Gasteiger partial charge in [0, 0.05) is 13.1 Å². The first-order valence-corrected chi connectivity index (χ1v) is 4.88. The molecule has 1 aromatic rings. The van der Waals surface area contributed by atoms with E-state index in [9.17, 15) is 0 Å². The van der Waals surface area contributed by atoms with Crippen LogP contribution in [-0.4, -0.2) is 18.1 Å². The first-order chi connectivity index (χ1) is 7.19. The van der Waals surface area contributed by atoms with Crippen molar-refractivity contribution < 1.29 is 0 Å². The molecule has 0 spiro atoms. The molecule has 1 aromatic heterocycles. The first-order valence-electron chi connectivity index (χ1n) is 4.88. The van der Waals surface area contributed by atoms with Crippen LogP contribution in [0.5, 0.6) is 0 Å². The van der Waals surface area contributed by atoms with E-state index in [0.29, 0.717) is 0 Å². The highest BCUT2D eigenvalue weighted by Gasteiger charge is 2.05. The highest BCUT2D eigenvalue weighted by Crippen LogP contribution is 2.16. The molecule has 0 unspecified atom stereocenters. The van der Waals surface area contributed by atoms with Gasteiger partial charge in [0.05, 0.1) is 11.9 Å². The zero-order chi connectivity index (χ0) is 11.3. The number of hydrogen-bond acceptors (Lipinski definition) is 3. The molecular formula is C12H17N3. The third-order valence-corrected chi connectivity index (χ3v) is 2.16. The lowest BCUT2D eigenvalue weighted by Crippen LogP contribution is -2.24. The third kappa shape index (κ3) is 2.84. The minimum Gasteiger partial charge on any atom is -0.397 e. The number of nitrogens with zero attached hydrogens (tertiary/aromatic N) is 2. The molecule has 15 heavy (non-hydrogen) atoms. The van der Waals surface area contributed by atoms with Crippen molar-refractivity contribution in [2.75, 3.05) is 23.7 Å². The molecule has 3 heteroatoms. The van der Waals surface area contributed by atoms with Gasteiger partial charge in [-0.3, -0.25) is 0 Å². The van der Waals surface area contributed by atoms with E-state index in [0.717, 1.165) is 30.2 Å². The van der Waals surface area contributed by atoms with E-state index in [1.54, 1.807) is 6.20 Å². The fourth-order valence-corrected chi connectivity index (χ4v) is 1.30. The summed E-state index contributed by atoms with van der Waals surface area (Å²) < 4.78 is 0. The lowest BCUT2D eigenvalue weighted by atomic mass is 10.2. The van der Waals surface area contributed by atoms with Crippen molar-refractivity contribution >= 4 is 11.5 Å². The van der Waals surface area contributed by atoms with Gasteiger partial charge in [-0.05, 0) is 18.6 Å². The van der Waals surface area contributed by atoms with Crippen LogP contribution in [0, 0.1) is 6.92 Å². The van der Waals surface area contributed by atoms with Gasteiger partial charge in [0.1, 0.15) is 5.82 Å². The maximum absolute atomic E-state index is 5.72. The highest BCUT2D eigenvalue weighted by molar-refractivity contribution is 5.52. The topological polar surface area (TPSA) is 42.1 Å². The van der Waals surface area contributed by atoms with E-state index in [-0.39, 0.29) is 0 Å². The minimum absolute atomic E-state index is 0.718. The molecular weight excluding hydrogens is 186 g/mol. The predicted octanol–water partition coefficient (Wildman–Crippen LogP) is 2.15. The lowest BCUT2D eigenvalue weighted by Gasteiger charge is -2.20. The lowest BCUT2D eigenvalue weighted by molar-refractivity contribution is 0.925. The molecule has 2 N–H and O–H groups in total. The standard InChI is InChI=1S/C12H17N3/c1-4-6-15(7-5-2)12-8-10(3)11(13)9-14-12/h4-5,8-9H,1-2,6-7,13H2,3H3. The van der Waals surface area contributed by atoms with Crippen molar-refractivity contribution in [2.24, 2.45) is 0 Å². The van der Waals surface area contributed by atoms with Crippen LogP contribution in [0.1, 0.15) is 5.56 Å². The van der Waals surface area contributed by atoms with E-state index in [4.69, 9.17) is 5.73 Å². The Kier molecular flexibility index (Phi) is 3.92. The van der Waals surface area contributed by atoms with Crippen molar-refractivity contribution in [1.82, 2.24) is 4.98 Å². The fraction of sp³-hybridized carbons (Fsp3) is 0.250. The average Bonchev–Trinajstić information content (AvgIpc) is 2.22. The van der Waals surface area contributed by atoms with Crippen LogP contribution in [0.25, 0.3) is 0 Å². The van der Waals surface area contributed by atoms with Crippen LogP contribution in [0.4, 0.5) is 11.5 Å². The van der Waals surface area contributed by atoms with Gasteiger partial charge in [-0.1, -0.05) is 12.2 Å². The second-order valence-electron chi connectivity index (χ2n) is 3.38. The molecule has 1 rings (SSSR count). The van der Waals surface area contributed by atoms with Crippen LogP contribution < -0.4 is 10.6 Å². The maximum Gasteiger partial charge on any atom is 0.129 e. The number of nitrogens with two attached hydrogens (primary N) is 1. The number of hydrogen-bond donors (Lipinski definition) is 1. The zero-order valence-electron chi connectivity index (χ0n) is 9.11. The summed E-state index contributed by atoms with van der Waals surface area (Å²) >= 11 is 0. The SMILES string of the molecule is C=CCN(CC=C)c1cc(C)c(N)cn1. The van der Waals surface area contributed by atoms with E-state index in [2.05, 4.69) is 23.0 Å². The van der Waals surface area contributed by atoms with Crippen LogP contribution in [0.15, 0.2) is 37.6 Å². The summed E-state index contributed by atoms with van der Waals surface area (Å²) in [5.74, 6) is 0.904. The van der Waals surface area contributed by atoms with Gasteiger partial charge in [-0.15, -0.1) is 13.2 Å². The number of aromatic nitrogens is 1. The normalized spacial score (nSPS) is 9.67. The van der Waals surface area contributed by atoms with Gasteiger partial charge >= 0.3 is 0 Å². The molecule has 0 aliphatic carbocycles. The van der Waals surface area contributed by atoms with Crippen molar-refractivity contribution in [1.29, 1.82) is 0 Å². The maximum atomic E-state index is 5.72. The molecule has 1 heterocycles. The molecule has 0 radical (unpaired) electrons. The number of nitrogen functional groups attached to an aromatic ring is 1. The number of anilines is 2. The first kappa shape index (κ1) is 11.3. The number of rotatable bonds is 5. The largest absolute Gasteiger partial charge is 0.397 e. The van der Waals surface area contributed by atoms with Gasteiger partial charge < -0.3 is 10.6 Å². The van der Waals surface area contributed by atoms with Crippen LogP contribution in [0.3, 0.4) is 0 Å². The summed E-state index contributed by atoms with van der Waals surface area (Å²) in [6.07, 6.45) is 5.37. The molecule has 0 atom stereocenters. The quantitative estimate of drug-likeness (QED) is 0.746. The molecule has 3 nitrogen and oxygen atoms in total. The van der Waals surface area contributed by atoms with Gasteiger partial charge in [-0.2, -0.15) is 0 Å². The van der Waals surface area contributed by atoms with Gasteiger partial charge in [0.15, 0.2) is 0 Å². The summed E-state index contributed by atoms with van der Waals surface area (Å²) in [6.45, 7) is 10.9. The summed E-state index contributed by atoms with van der Waals surface area (Å²) in [7, 11) is 0. The summed E-state index contributed by atoms with van der Waals surface area (Å²) in [5.41, 5.74) is 7.47. The fourth-order valence-electron chi connectivity index (χ4n) is 1.30. The Morgan fingerprint density at radius 3 is 2.47 bits per heavy atom. The van der Waals surface area contributed by atoms with Crippen molar-refractivity contribution in [3.05, 3.63) is 43.1 Å². The van der Waals surface area contributed by atoms with Gasteiger partial charge in [0.25, 0.3) is 0 Å². The Bertz CT molecular complexity index is 348. The molecule has 0 saturated carbocycles. The Balaban J connectivity index is 2.94.